The van der Waals surface area contributed by atoms with Crippen LogP contribution in [-0.2, 0) is 10.0 Å². The molecule has 1 saturated heterocycles. The number of piperidine rings is 1. The molecule has 2 rings (SSSR count). The summed E-state index contributed by atoms with van der Waals surface area (Å²) in [7, 11) is -3.50. The Kier molecular flexibility index (Phi) is 3.19. The first-order valence-electron chi connectivity index (χ1n) is 5.38. The van der Waals surface area contributed by atoms with Gasteiger partial charge in [0.05, 0.1) is 5.60 Å². The molecule has 7 heteroatoms. The zero-order valence-electron chi connectivity index (χ0n) is 9.59. The number of anilines is 1. The van der Waals surface area contributed by atoms with Crippen molar-refractivity contribution in [2.75, 3.05) is 18.8 Å². The van der Waals surface area contributed by atoms with Gasteiger partial charge in [-0.3, -0.25) is 0 Å². The third-order valence-electron chi connectivity index (χ3n) is 2.83. The first-order valence-corrected chi connectivity index (χ1v) is 7.70. The molecular weight excluding hydrogens is 260 g/mol. The third kappa shape index (κ3) is 2.62. The number of aliphatic hydroxyl groups is 1. The van der Waals surface area contributed by atoms with Crippen molar-refractivity contribution in [1.82, 2.24) is 4.31 Å². The van der Waals surface area contributed by atoms with Gasteiger partial charge >= 0.3 is 0 Å². The summed E-state index contributed by atoms with van der Waals surface area (Å²) in [4.78, 5) is 0. The van der Waals surface area contributed by atoms with Crippen molar-refractivity contribution < 1.29 is 13.5 Å². The lowest BCUT2D eigenvalue weighted by molar-refractivity contribution is 0.00945. The number of nitrogen functional groups attached to an aromatic ring is 1. The average molecular weight is 276 g/mol. The van der Waals surface area contributed by atoms with Crippen LogP contribution in [0.4, 0.5) is 5.69 Å². The van der Waals surface area contributed by atoms with E-state index in [-0.39, 0.29) is 10.8 Å². The monoisotopic (exact) mass is 276 g/mol. The second kappa shape index (κ2) is 4.24. The van der Waals surface area contributed by atoms with Gasteiger partial charge in [0.2, 0.25) is 0 Å². The van der Waals surface area contributed by atoms with Gasteiger partial charge in [0.1, 0.15) is 4.21 Å². The molecule has 1 atom stereocenters. The lowest BCUT2D eigenvalue weighted by atomic mass is 9.97. The van der Waals surface area contributed by atoms with Crippen molar-refractivity contribution in [3.63, 3.8) is 0 Å². The number of nitrogens with zero attached hydrogens (tertiary/aromatic N) is 1. The van der Waals surface area contributed by atoms with Gasteiger partial charge in [-0.05, 0) is 25.8 Å². The highest BCUT2D eigenvalue weighted by Gasteiger charge is 2.36. The standard InChI is InChI=1S/C10H16N2O3S2/c1-10(13)3-2-4-12(7-10)17(14,15)9-5-8(11)6-16-9/h5-6,13H,2-4,7,11H2,1H3. The van der Waals surface area contributed by atoms with Crippen LogP contribution in [0.2, 0.25) is 0 Å². The van der Waals surface area contributed by atoms with E-state index in [1.807, 2.05) is 0 Å². The zero-order chi connectivity index (χ0) is 12.7. The third-order valence-corrected chi connectivity index (χ3v) is 6.11. The van der Waals surface area contributed by atoms with Crippen LogP contribution in [0.5, 0.6) is 0 Å². The highest BCUT2D eigenvalue weighted by atomic mass is 32.2. The summed E-state index contributed by atoms with van der Waals surface area (Å²) in [6, 6.07) is 1.46. The van der Waals surface area contributed by atoms with E-state index in [2.05, 4.69) is 0 Å². The Labute approximate surface area is 105 Å². The van der Waals surface area contributed by atoms with Gasteiger partial charge in [0.15, 0.2) is 0 Å². The van der Waals surface area contributed by atoms with E-state index in [9.17, 15) is 13.5 Å². The lowest BCUT2D eigenvalue weighted by Crippen LogP contribution is -2.48. The van der Waals surface area contributed by atoms with Crippen molar-refractivity contribution >= 4 is 27.0 Å². The molecule has 5 nitrogen and oxygen atoms in total. The molecule has 0 aromatic carbocycles. The summed E-state index contributed by atoms with van der Waals surface area (Å²) < 4.78 is 26.1. The number of hydrogen-bond acceptors (Lipinski definition) is 5. The summed E-state index contributed by atoms with van der Waals surface area (Å²) in [5.41, 5.74) is 5.06. The van der Waals surface area contributed by atoms with Crippen molar-refractivity contribution in [2.45, 2.75) is 29.6 Å². The number of sulfonamides is 1. The fourth-order valence-electron chi connectivity index (χ4n) is 1.97. The van der Waals surface area contributed by atoms with Crippen molar-refractivity contribution in [2.24, 2.45) is 0 Å². The van der Waals surface area contributed by atoms with Gasteiger partial charge in [0, 0.05) is 24.2 Å². The van der Waals surface area contributed by atoms with Gasteiger partial charge < -0.3 is 10.8 Å². The first-order chi connectivity index (χ1) is 7.81. The van der Waals surface area contributed by atoms with Crippen LogP contribution in [0.1, 0.15) is 19.8 Å². The maximum atomic E-state index is 12.3. The SMILES string of the molecule is CC1(O)CCCN(S(=O)(=O)c2cc(N)cs2)C1. The molecule has 3 N–H and O–H groups in total. The van der Waals surface area contributed by atoms with Crippen LogP contribution < -0.4 is 5.73 Å². The van der Waals surface area contributed by atoms with Crippen LogP contribution in [0.3, 0.4) is 0 Å². The Morgan fingerprint density at radius 1 is 1.59 bits per heavy atom. The molecule has 1 aromatic rings. The van der Waals surface area contributed by atoms with Gasteiger partial charge in [0.25, 0.3) is 10.0 Å². The van der Waals surface area contributed by atoms with Crippen molar-refractivity contribution in [1.29, 1.82) is 0 Å². The highest BCUT2D eigenvalue weighted by Crippen LogP contribution is 2.29. The fraction of sp³-hybridized carbons (Fsp3) is 0.600. The van der Waals surface area contributed by atoms with E-state index in [4.69, 9.17) is 5.73 Å². The molecule has 0 bridgehead atoms. The van der Waals surface area contributed by atoms with Gasteiger partial charge in [-0.2, -0.15) is 4.31 Å². The summed E-state index contributed by atoms with van der Waals surface area (Å²) in [6.07, 6.45) is 1.30. The molecule has 0 saturated carbocycles. The van der Waals surface area contributed by atoms with Crippen molar-refractivity contribution in [3.05, 3.63) is 11.4 Å². The van der Waals surface area contributed by atoms with Crippen LogP contribution in [0, 0.1) is 0 Å². The predicted octanol–water partition coefficient (Wildman–Crippen LogP) is 0.866. The zero-order valence-corrected chi connectivity index (χ0v) is 11.2. The normalized spacial score (nSPS) is 27.2. The van der Waals surface area contributed by atoms with Gasteiger partial charge in [-0.1, -0.05) is 0 Å². The van der Waals surface area contributed by atoms with Crippen LogP contribution >= 0.6 is 11.3 Å². The molecule has 17 heavy (non-hydrogen) atoms. The topological polar surface area (TPSA) is 83.6 Å². The minimum Gasteiger partial charge on any atom is -0.398 e. The molecule has 0 radical (unpaired) electrons. The number of rotatable bonds is 2. The largest absolute Gasteiger partial charge is 0.398 e. The Balaban J connectivity index is 2.27. The van der Waals surface area contributed by atoms with E-state index in [0.717, 1.165) is 11.3 Å². The van der Waals surface area contributed by atoms with E-state index in [0.29, 0.717) is 25.1 Å². The first kappa shape index (κ1) is 12.8. The summed E-state index contributed by atoms with van der Waals surface area (Å²) in [6.45, 7) is 2.26. The second-order valence-electron chi connectivity index (χ2n) is 4.64. The quantitative estimate of drug-likeness (QED) is 0.839. The molecule has 2 heterocycles. The number of β-amino-alcohol motifs (C(OH)–C–C–N with tert-alkyl or cyclic N) is 1. The van der Waals surface area contributed by atoms with Crippen molar-refractivity contribution in [3.8, 4) is 0 Å². The van der Waals surface area contributed by atoms with Crippen LogP contribution in [0.15, 0.2) is 15.7 Å². The average Bonchev–Trinajstić information content (AvgIpc) is 2.64. The maximum absolute atomic E-state index is 12.3. The smallest absolute Gasteiger partial charge is 0.252 e. The number of nitrogens with two attached hydrogens (primary N) is 1. The molecule has 1 fully saturated rings. The summed E-state index contributed by atoms with van der Waals surface area (Å²) in [5, 5.41) is 11.5. The Morgan fingerprint density at radius 2 is 2.29 bits per heavy atom. The van der Waals surface area contributed by atoms with E-state index < -0.39 is 15.6 Å². The van der Waals surface area contributed by atoms with E-state index in [1.165, 1.54) is 10.4 Å². The molecule has 0 amide bonds. The Morgan fingerprint density at radius 3 is 2.82 bits per heavy atom. The highest BCUT2D eigenvalue weighted by molar-refractivity contribution is 7.91. The molecule has 96 valence electrons. The number of hydrogen-bond donors (Lipinski definition) is 2. The molecular formula is C10H16N2O3S2. The summed E-state index contributed by atoms with van der Waals surface area (Å²) >= 11 is 1.11. The predicted molar refractivity (Wildman–Crippen MR) is 67.3 cm³/mol. The molecule has 0 spiro atoms. The van der Waals surface area contributed by atoms with Gasteiger partial charge in [-0.25, -0.2) is 8.42 Å². The van der Waals surface area contributed by atoms with Crippen LogP contribution in [0.25, 0.3) is 0 Å². The molecule has 1 unspecified atom stereocenters. The van der Waals surface area contributed by atoms with Crippen LogP contribution in [-0.4, -0.2) is 36.5 Å². The fourth-order valence-corrected chi connectivity index (χ4v) is 4.80. The summed E-state index contributed by atoms with van der Waals surface area (Å²) in [5.74, 6) is 0. The van der Waals surface area contributed by atoms with Gasteiger partial charge in [-0.15, -0.1) is 11.3 Å². The number of thiophene rings is 1. The molecule has 0 aliphatic carbocycles. The maximum Gasteiger partial charge on any atom is 0.252 e. The Hall–Kier alpha value is -0.630. The molecule has 1 aliphatic rings. The molecule has 1 aromatic heterocycles. The minimum absolute atomic E-state index is 0.146. The second-order valence-corrected chi connectivity index (χ2v) is 7.71. The Bertz CT molecular complexity index is 507. The lowest BCUT2D eigenvalue weighted by Gasteiger charge is -2.35. The minimum atomic E-state index is -3.50. The van der Waals surface area contributed by atoms with E-state index >= 15 is 0 Å². The molecule has 1 aliphatic heterocycles. The van der Waals surface area contributed by atoms with E-state index in [1.54, 1.807) is 12.3 Å².